The number of amides is 1. The van der Waals surface area contributed by atoms with Gasteiger partial charge in [-0.15, -0.1) is 0 Å². The molecule has 148 valence electrons. The van der Waals surface area contributed by atoms with E-state index in [1.807, 2.05) is 30.3 Å². The second kappa shape index (κ2) is 9.57. The Hall–Kier alpha value is -3.58. The fourth-order valence-electron chi connectivity index (χ4n) is 2.88. The highest BCUT2D eigenvalue weighted by Crippen LogP contribution is 2.24. The summed E-state index contributed by atoms with van der Waals surface area (Å²) in [7, 11) is 0. The summed E-state index contributed by atoms with van der Waals surface area (Å²) in [6.07, 6.45) is 3.52. The standard InChI is InChI=1S/C22H20FN3O3/c23-18-7-6-17(16-8-10-24-11-9-16)13-19(18)26-22(29)20(25-14-21(27)28)12-15-4-2-1-3-5-15/h1-11,13,20,25H,12,14H2,(H,26,29)(H,27,28). The number of carbonyl (C=O) groups is 2. The number of benzene rings is 2. The normalized spacial score (nSPS) is 11.6. The summed E-state index contributed by atoms with van der Waals surface area (Å²) in [4.78, 5) is 27.7. The van der Waals surface area contributed by atoms with Crippen LogP contribution in [-0.2, 0) is 16.0 Å². The Morgan fingerprint density at radius 1 is 1.00 bits per heavy atom. The molecule has 1 unspecified atom stereocenters. The van der Waals surface area contributed by atoms with Crippen LogP contribution in [0.5, 0.6) is 0 Å². The van der Waals surface area contributed by atoms with E-state index >= 15 is 0 Å². The molecular weight excluding hydrogens is 373 g/mol. The summed E-state index contributed by atoms with van der Waals surface area (Å²) in [5, 5.41) is 14.2. The van der Waals surface area contributed by atoms with Crippen molar-refractivity contribution in [2.75, 3.05) is 11.9 Å². The topological polar surface area (TPSA) is 91.3 Å². The number of hydrogen-bond acceptors (Lipinski definition) is 4. The van der Waals surface area contributed by atoms with E-state index in [2.05, 4.69) is 15.6 Å². The van der Waals surface area contributed by atoms with Gasteiger partial charge >= 0.3 is 5.97 Å². The summed E-state index contributed by atoms with van der Waals surface area (Å²) in [6.45, 7) is -0.384. The van der Waals surface area contributed by atoms with Crippen molar-refractivity contribution in [3.63, 3.8) is 0 Å². The molecule has 0 saturated carbocycles. The van der Waals surface area contributed by atoms with E-state index in [0.717, 1.165) is 16.7 Å². The lowest BCUT2D eigenvalue weighted by Crippen LogP contribution is -2.44. The van der Waals surface area contributed by atoms with Crippen molar-refractivity contribution in [1.82, 2.24) is 10.3 Å². The number of carboxylic acid groups (broad SMARTS) is 1. The van der Waals surface area contributed by atoms with Crippen molar-refractivity contribution in [1.29, 1.82) is 0 Å². The first kappa shape index (κ1) is 20.2. The molecule has 3 aromatic rings. The molecule has 0 fully saturated rings. The fourth-order valence-corrected chi connectivity index (χ4v) is 2.88. The van der Waals surface area contributed by atoms with Gasteiger partial charge in [0, 0.05) is 12.4 Å². The predicted octanol–water partition coefficient (Wildman–Crippen LogP) is 3.11. The highest BCUT2D eigenvalue weighted by Gasteiger charge is 2.21. The maximum absolute atomic E-state index is 14.3. The van der Waals surface area contributed by atoms with Gasteiger partial charge in [0.15, 0.2) is 0 Å². The van der Waals surface area contributed by atoms with Gasteiger partial charge in [-0.3, -0.25) is 19.9 Å². The molecule has 1 amide bonds. The van der Waals surface area contributed by atoms with Crippen LogP contribution in [-0.4, -0.2) is 34.6 Å². The van der Waals surface area contributed by atoms with E-state index in [1.54, 1.807) is 36.7 Å². The van der Waals surface area contributed by atoms with Crippen LogP contribution in [0.4, 0.5) is 10.1 Å². The zero-order chi connectivity index (χ0) is 20.6. The van der Waals surface area contributed by atoms with Crippen molar-refractivity contribution in [3.05, 3.63) is 84.4 Å². The molecule has 1 aromatic heterocycles. The van der Waals surface area contributed by atoms with Crippen LogP contribution in [0.25, 0.3) is 11.1 Å². The molecule has 6 nitrogen and oxygen atoms in total. The van der Waals surface area contributed by atoms with Crippen molar-refractivity contribution < 1.29 is 19.1 Å². The number of nitrogens with zero attached hydrogens (tertiary/aromatic N) is 1. The molecule has 29 heavy (non-hydrogen) atoms. The number of halogens is 1. The third-order valence-corrected chi connectivity index (χ3v) is 4.34. The Morgan fingerprint density at radius 3 is 2.41 bits per heavy atom. The first-order chi connectivity index (χ1) is 14.0. The lowest BCUT2D eigenvalue weighted by molar-refractivity contribution is -0.136. The van der Waals surface area contributed by atoms with Crippen LogP contribution >= 0.6 is 0 Å². The van der Waals surface area contributed by atoms with Gasteiger partial charge in [0.05, 0.1) is 18.3 Å². The molecular formula is C22H20FN3O3. The van der Waals surface area contributed by atoms with Gasteiger partial charge in [-0.1, -0.05) is 36.4 Å². The second-order valence-corrected chi connectivity index (χ2v) is 6.44. The van der Waals surface area contributed by atoms with E-state index in [9.17, 15) is 14.0 Å². The van der Waals surface area contributed by atoms with Gasteiger partial charge < -0.3 is 10.4 Å². The molecule has 0 radical (unpaired) electrons. The monoisotopic (exact) mass is 393 g/mol. The van der Waals surface area contributed by atoms with Crippen molar-refractivity contribution in [2.24, 2.45) is 0 Å². The van der Waals surface area contributed by atoms with Gasteiger partial charge in [-0.05, 0) is 47.4 Å². The summed E-state index contributed by atoms with van der Waals surface area (Å²) >= 11 is 0. The Labute approximate surface area is 167 Å². The smallest absolute Gasteiger partial charge is 0.317 e. The molecule has 0 spiro atoms. The van der Waals surface area contributed by atoms with Crippen LogP contribution < -0.4 is 10.6 Å². The maximum Gasteiger partial charge on any atom is 0.317 e. The summed E-state index contributed by atoms with van der Waals surface area (Å²) in [5.41, 5.74) is 2.44. The van der Waals surface area contributed by atoms with E-state index in [-0.39, 0.29) is 18.7 Å². The van der Waals surface area contributed by atoms with Gasteiger partial charge in [0.25, 0.3) is 0 Å². The highest BCUT2D eigenvalue weighted by molar-refractivity contribution is 5.96. The van der Waals surface area contributed by atoms with Crippen LogP contribution in [0.1, 0.15) is 5.56 Å². The minimum absolute atomic E-state index is 0.0273. The second-order valence-electron chi connectivity index (χ2n) is 6.44. The maximum atomic E-state index is 14.3. The third kappa shape index (κ3) is 5.70. The molecule has 0 bridgehead atoms. The minimum Gasteiger partial charge on any atom is -0.480 e. The molecule has 3 N–H and O–H groups in total. The van der Waals surface area contributed by atoms with Gasteiger partial charge in [-0.25, -0.2) is 4.39 Å². The van der Waals surface area contributed by atoms with Crippen LogP contribution in [0.3, 0.4) is 0 Å². The number of aromatic nitrogens is 1. The molecule has 0 aliphatic carbocycles. The average molecular weight is 393 g/mol. The number of rotatable bonds is 8. The van der Waals surface area contributed by atoms with Crippen molar-refractivity contribution >= 4 is 17.6 Å². The van der Waals surface area contributed by atoms with E-state index < -0.39 is 23.7 Å². The third-order valence-electron chi connectivity index (χ3n) is 4.34. The SMILES string of the molecule is O=C(O)CNC(Cc1ccccc1)C(=O)Nc1cc(-c2ccncc2)ccc1F. The molecule has 2 aromatic carbocycles. The number of aliphatic carboxylic acids is 1. The Bertz CT molecular complexity index is 981. The van der Waals surface area contributed by atoms with Gasteiger partial charge in [0.1, 0.15) is 5.82 Å². The fraction of sp³-hybridized carbons (Fsp3) is 0.136. The minimum atomic E-state index is -1.08. The summed E-state index contributed by atoms with van der Waals surface area (Å²) < 4.78 is 14.3. The zero-order valence-electron chi connectivity index (χ0n) is 15.5. The largest absolute Gasteiger partial charge is 0.480 e. The number of carboxylic acids is 1. The number of hydrogen-bond donors (Lipinski definition) is 3. The van der Waals surface area contributed by atoms with Crippen molar-refractivity contribution in [3.8, 4) is 11.1 Å². The van der Waals surface area contributed by atoms with Gasteiger partial charge in [0.2, 0.25) is 5.91 Å². The first-order valence-electron chi connectivity index (χ1n) is 9.03. The zero-order valence-corrected chi connectivity index (χ0v) is 15.5. The van der Waals surface area contributed by atoms with E-state index in [0.29, 0.717) is 0 Å². The molecule has 3 rings (SSSR count). The lowest BCUT2D eigenvalue weighted by atomic mass is 10.0. The average Bonchev–Trinajstić information content (AvgIpc) is 2.74. The molecule has 1 atom stereocenters. The number of carbonyl (C=O) groups excluding carboxylic acids is 1. The van der Waals surface area contributed by atoms with E-state index in [1.165, 1.54) is 6.07 Å². The number of anilines is 1. The van der Waals surface area contributed by atoms with Crippen molar-refractivity contribution in [2.45, 2.75) is 12.5 Å². The molecule has 0 saturated heterocycles. The highest BCUT2D eigenvalue weighted by atomic mass is 19.1. The van der Waals surface area contributed by atoms with Crippen LogP contribution in [0, 0.1) is 5.82 Å². The lowest BCUT2D eigenvalue weighted by Gasteiger charge is -2.18. The Balaban J connectivity index is 1.80. The number of pyridine rings is 1. The Morgan fingerprint density at radius 2 is 1.72 bits per heavy atom. The molecule has 7 heteroatoms. The van der Waals surface area contributed by atoms with E-state index in [4.69, 9.17) is 5.11 Å². The quantitative estimate of drug-likeness (QED) is 0.547. The summed E-state index contributed by atoms with van der Waals surface area (Å²) in [6, 6.07) is 16.4. The number of nitrogens with one attached hydrogen (secondary N) is 2. The van der Waals surface area contributed by atoms with Crippen LogP contribution in [0.2, 0.25) is 0 Å². The molecule has 0 aliphatic heterocycles. The molecule has 0 aliphatic rings. The first-order valence-corrected chi connectivity index (χ1v) is 9.03. The van der Waals surface area contributed by atoms with Crippen LogP contribution in [0.15, 0.2) is 73.1 Å². The summed E-state index contributed by atoms with van der Waals surface area (Å²) in [5.74, 6) is -2.17. The molecule has 1 heterocycles. The Kier molecular flexibility index (Phi) is 6.65. The predicted molar refractivity (Wildman–Crippen MR) is 108 cm³/mol. The van der Waals surface area contributed by atoms with Gasteiger partial charge in [-0.2, -0.15) is 0 Å².